The summed E-state index contributed by atoms with van der Waals surface area (Å²) in [5.74, 6) is -1.52. The molecule has 2 unspecified atom stereocenters. The lowest BCUT2D eigenvalue weighted by molar-refractivity contribution is 0.165. The molecule has 2 aromatic rings. The van der Waals surface area contributed by atoms with E-state index in [2.05, 4.69) is 49.1 Å². The maximum absolute atomic E-state index is 14.2. The van der Waals surface area contributed by atoms with E-state index < -0.39 is 17.0 Å². The van der Waals surface area contributed by atoms with E-state index >= 15 is 0 Å². The number of rotatable bonds is 10. The Morgan fingerprint density at radius 2 is 1.78 bits per heavy atom. The summed E-state index contributed by atoms with van der Waals surface area (Å²) >= 11 is 0. The summed E-state index contributed by atoms with van der Waals surface area (Å²) in [6.07, 6.45) is 7.91. The Bertz CT molecular complexity index is 886. The molecule has 0 bridgehead atoms. The molecular formula is C28H36F2N2. The van der Waals surface area contributed by atoms with Gasteiger partial charge in [0.1, 0.15) is 0 Å². The molecular weight excluding hydrogens is 402 g/mol. The lowest BCUT2D eigenvalue weighted by Gasteiger charge is -2.40. The molecule has 1 aliphatic rings. The first-order valence-corrected chi connectivity index (χ1v) is 12.1. The third-order valence-corrected chi connectivity index (χ3v) is 7.26. The van der Waals surface area contributed by atoms with Crippen molar-refractivity contribution in [1.29, 1.82) is 5.26 Å². The van der Waals surface area contributed by atoms with Crippen LogP contribution in [0.1, 0.15) is 76.3 Å². The van der Waals surface area contributed by atoms with E-state index in [0.717, 1.165) is 51.6 Å². The summed E-state index contributed by atoms with van der Waals surface area (Å²) in [5.41, 5.74) is 1.16. The van der Waals surface area contributed by atoms with Crippen LogP contribution < -0.4 is 0 Å². The summed E-state index contributed by atoms with van der Waals surface area (Å²) in [4.78, 5) is 2.48. The van der Waals surface area contributed by atoms with Crippen molar-refractivity contribution in [1.82, 2.24) is 4.90 Å². The van der Waals surface area contributed by atoms with E-state index in [-0.39, 0.29) is 12.0 Å². The fourth-order valence-corrected chi connectivity index (χ4v) is 5.34. The molecule has 1 aliphatic carbocycles. The van der Waals surface area contributed by atoms with Crippen LogP contribution in [0, 0.1) is 28.9 Å². The van der Waals surface area contributed by atoms with Crippen molar-refractivity contribution in [2.75, 3.05) is 6.54 Å². The van der Waals surface area contributed by atoms with Crippen molar-refractivity contribution in [3.8, 4) is 6.07 Å². The Morgan fingerprint density at radius 3 is 2.41 bits per heavy atom. The maximum Gasteiger partial charge on any atom is 0.159 e. The van der Waals surface area contributed by atoms with Gasteiger partial charge >= 0.3 is 0 Å². The lowest BCUT2D eigenvalue weighted by Crippen LogP contribution is -2.39. The molecule has 2 aromatic carbocycles. The molecule has 2 nitrogen and oxygen atoms in total. The zero-order valence-electron chi connectivity index (χ0n) is 19.5. The van der Waals surface area contributed by atoms with Crippen LogP contribution >= 0.6 is 0 Å². The number of halogens is 2. The average molecular weight is 439 g/mol. The third kappa shape index (κ3) is 5.75. The minimum atomic E-state index is -0.859. The highest BCUT2D eigenvalue weighted by molar-refractivity contribution is 5.35. The smallest absolute Gasteiger partial charge is 0.159 e. The summed E-state index contributed by atoms with van der Waals surface area (Å²) < 4.78 is 27.9. The Kier molecular flexibility index (Phi) is 8.82. The first kappa shape index (κ1) is 24.4. The van der Waals surface area contributed by atoms with Crippen molar-refractivity contribution >= 4 is 0 Å². The summed E-state index contributed by atoms with van der Waals surface area (Å²) in [6, 6.07) is 17.5. The van der Waals surface area contributed by atoms with Gasteiger partial charge in [0.05, 0.1) is 11.5 Å². The molecule has 172 valence electrons. The van der Waals surface area contributed by atoms with Crippen LogP contribution in [0.25, 0.3) is 0 Å². The van der Waals surface area contributed by atoms with Gasteiger partial charge in [-0.25, -0.2) is 8.78 Å². The molecule has 1 saturated carbocycles. The predicted octanol–water partition coefficient (Wildman–Crippen LogP) is 7.39. The molecule has 0 N–H and O–H groups in total. The van der Waals surface area contributed by atoms with Crippen LogP contribution in [0.3, 0.4) is 0 Å². The fraction of sp³-hybridized carbons (Fsp3) is 0.536. The van der Waals surface area contributed by atoms with E-state index in [1.165, 1.54) is 24.1 Å². The first-order chi connectivity index (χ1) is 15.5. The maximum atomic E-state index is 14.2. The van der Waals surface area contributed by atoms with E-state index in [4.69, 9.17) is 0 Å². The molecule has 0 saturated heterocycles. The normalized spacial score (nSPS) is 17.6. The molecule has 0 heterocycles. The van der Waals surface area contributed by atoms with Gasteiger partial charge in [0.15, 0.2) is 11.6 Å². The zero-order chi connectivity index (χ0) is 23.0. The van der Waals surface area contributed by atoms with Crippen LogP contribution in [-0.4, -0.2) is 17.5 Å². The molecule has 2 atom stereocenters. The van der Waals surface area contributed by atoms with Gasteiger partial charge in [-0.15, -0.1) is 0 Å². The van der Waals surface area contributed by atoms with Crippen molar-refractivity contribution in [2.45, 2.75) is 83.2 Å². The second-order valence-corrected chi connectivity index (χ2v) is 9.39. The molecule has 0 spiro atoms. The van der Waals surface area contributed by atoms with Crippen LogP contribution in [0.5, 0.6) is 0 Å². The lowest BCUT2D eigenvalue weighted by atomic mass is 9.63. The zero-order valence-corrected chi connectivity index (χ0v) is 19.5. The van der Waals surface area contributed by atoms with Gasteiger partial charge in [-0.05, 0) is 74.8 Å². The highest BCUT2D eigenvalue weighted by atomic mass is 19.2. The van der Waals surface area contributed by atoms with Crippen LogP contribution in [0.4, 0.5) is 8.78 Å². The number of nitrogens with zero attached hydrogens (tertiary/aromatic N) is 2. The van der Waals surface area contributed by atoms with Gasteiger partial charge in [0, 0.05) is 12.6 Å². The Labute approximate surface area is 192 Å². The van der Waals surface area contributed by atoms with E-state index in [1.54, 1.807) is 6.07 Å². The number of benzene rings is 2. The Morgan fingerprint density at radius 1 is 1.06 bits per heavy atom. The number of hydrogen-bond donors (Lipinski definition) is 0. The second kappa shape index (κ2) is 11.6. The summed E-state index contributed by atoms with van der Waals surface area (Å²) in [7, 11) is 0. The largest absolute Gasteiger partial charge is 0.296 e. The highest BCUT2D eigenvalue weighted by Crippen LogP contribution is 2.44. The molecule has 32 heavy (non-hydrogen) atoms. The second-order valence-electron chi connectivity index (χ2n) is 9.39. The predicted molar refractivity (Wildman–Crippen MR) is 126 cm³/mol. The van der Waals surface area contributed by atoms with Crippen molar-refractivity contribution < 1.29 is 8.78 Å². The van der Waals surface area contributed by atoms with Crippen molar-refractivity contribution in [3.05, 3.63) is 71.3 Å². The molecule has 3 rings (SSSR count). The standard InChI is InChI=1S/C28H36F2N2/c1-3-18-32(20-23-10-6-4-7-11-23)22(2)16-17-28(21-31,24-12-8-5-9-13-24)25-14-15-26(29)27(30)19-25/h4,6-7,10-11,14-15,19,22,24H,3,5,8-9,12-13,16-18,20H2,1-2H3. The minimum absolute atomic E-state index is 0.187. The number of nitriles is 1. The molecule has 0 aliphatic heterocycles. The van der Waals surface area contributed by atoms with Gasteiger partial charge < -0.3 is 0 Å². The molecule has 0 radical (unpaired) electrons. The average Bonchev–Trinajstić information content (AvgIpc) is 2.83. The summed E-state index contributed by atoms with van der Waals surface area (Å²) in [6.45, 7) is 6.29. The summed E-state index contributed by atoms with van der Waals surface area (Å²) in [5, 5.41) is 10.5. The molecule has 4 heteroatoms. The van der Waals surface area contributed by atoms with Crippen molar-refractivity contribution in [2.24, 2.45) is 5.92 Å². The van der Waals surface area contributed by atoms with E-state index in [0.29, 0.717) is 12.0 Å². The van der Waals surface area contributed by atoms with Crippen LogP contribution in [0.2, 0.25) is 0 Å². The van der Waals surface area contributed by atoms with Gasteiger partial charge in [-0.3, -0.25) is 4.90 Å². The van der Waals surface area contributed by atoms with E-state index in [1.807, 2.05) is 6.07 Å². The number of hydrogen-bond acceptors (Lipinski definition) is 2. The minimum Gasteiger partial charge on any atom is -0.296 e. The third-order valence-electron chi connectivity index (χ3n) is 7.26. The van der Waals surface area contributed by atoms with Crippen molar-refractivity contribution in [3.63, 3.8) is 0 Å². The quantitative estimate of drug-likeness (QED) is 0.387. The Balaban J connectivity index is 1.83. The highest BCUT2D eigenvalue weighted by Gasteiger charge is 2.41. The van der Waals surface area contributed by atoms with Gasteiger partial charge in [0.25, 0.3) is 0 Å². The SMILES string of the molecule is CCCN(Cc1ccccc1)C(C)CCC(C#N)(c1ccc(F)c(F)c1)C1CCCCC1. The molecule has 1 fully saturated rings. The van der Waals surface area contributed by atoms with Gasteiger partial charge in [0.2, 0.25) is 0 Å². The molecule has 0 amide bonds. The molecule has 0 aromatic heterocycles. The fourth-order valence-electron chi connectivity index (χ4n) is 5.34. The van der Waals surface area contributed by atoms with E-state index in [9.17, 15) is 14.0 Å². The topological polar surface area (TPSA) is 27.0 Å². The van der Waals surface area contributed by atoms with Crippen LogP contribution in [-0.2, 0) is 12.0 Å². The monoisotopic (exact) mass is 438 g/mol. The Hall–Kier alpha value is -2.25. The van der Waals surface area contributed by atoms with Crippen LogP contribution in [0.15, 0.2) is 48.5 Å². The van der Waals surface area contributed by atoms with Gasteiger partial charge in [-0.1, -0.05) is 62.6 Å². The van der Waals surface area contributed by atoms with Gasteiger partial charge in [-0.2, -0.15) is 5.26 Å². The first-order valence-electron chi connectivity index (χ1n) is 12.1.